The number of hydrogen-bond donors (Lipinski definition) is 1. The second-order valence-electron chi connectivity index (χ2n) is 5.19. The van der Waals surface area contributed by atoms with E-state index in [0.717, 1.165) is 25.3 Å². The number of rotatable bonds is 7. The normalized spacial score (nSPS) is 13.3. The Bertz CT molecular complexity index is 328. The number of likely N-dealkylation sites (N-methyl/N-ethyl adjacent to an activating group) is 1. The summed E-state index contributed by atoms with van der Waals surface area (Å²) in [5, 5.41) is 8.09. The molecule has 1 unspecified atom stereocenters. The van der Waals surface area contributed by atoms with E-state index >= 15 is 0 Å². The van der Waals surface area contributed by atoms with Crippen LogP contribution in [0.25, 0.3) is 0 Å². The van der Waals surface area contributed by atoms with Crippen molar-refractivity contribution in [3.05, 3.63) is 17.5 Å². The molecular weight excluding hydrogens is 210 g/mol. The Labute approximate surface area is 106 Å². The van der Waals surface area contributed by atoms with Gasteiger partial charge in [0.05, 0.1) is 5.69 Å². The first-order valence-electron chi connectivity index (χ1n) is 6.81. The Kier molecular flexibility index (Phi) is 5.69. The Morgan fingerprint density at radius 3 is 2.53 bits per heavy atom. The average Bonchev–Trinajstić information content (AvgIpc) is 2.59. The van der Waals surface area contributed by atoms with Crippen molar-refractivity contribution in [1.29, 1.82) is 0 Å². The molecule has 17 heavy (non-hydrogen) atoms. The van der Waals surface area contributed by atoms with Crippen molar-refractivity contribution in [2.45, 2.75) is 53.0 Å². The molecule has 0 aliphatic rings. The zero-order chi connectivity index (χ0) is 12.8. The summed E-state index contributed by atoms with van der Waals surface area (Å²) in [5.74, 6) is 0.734. The van der Waals surface area contributed by atoms with E-state index in [2.05, 4.69) is 44.2 Å². The highest BCUT2D eigenvalue weighted by Crippen LogP contribution is 2.12. The summed E-state index contributed by atoms with van der Waals surface area (Å²) in [6.07, 6.45) is 3.32. The third-order valence-corrected chi connectivity index (χ3v) is 3.09. The van der Waals surface area contributed by atoms with Gasteiger partial charge in [-0.3, -0.25) is 4.68 Å². The second kappa shape index (κ2) is 6.80. The SMILES string of the molecule is CCNC(Cc1cc(CC)nn1C)CC(C)C. The lowest BCUT2D eigenvalue weighted by molar-refractivity contribution is 0.416. The molecule has 1 aromatic heterocycles. The highest BCUT2D eigenvalue weighted by molar-refractivity contribution is 5.11. The van der Waals surface area contributed by atoms with Gasteiger partial charge < -0.3 is 5.32 Å². The van der Waals surface area contributed by atoms with E-state index in [1.54, 1.807) is 0 Å². The molecule has 3 heteroatoms. The van der Waals surface area contributed by atoms with Crippen LogP contribution in [0.1, 0.15) is 45.5 Å². The van der Waals surface area contributed by atoms with Gasteiger partial charge in [0.2, 0.25) is 0 Å². The third kappa shape index (κ3) is 4.50. The minimum atomic E-state index is 0.570. The monoisotopic (exact) mass is 237 g/mol. The van der Waals surface area contributed by atoms with E-state index in [0.29, 0.717) is 6.04 Å². The summed E-state index contributed by atoms with van der Waals surface area (Å²) >= 11 is 0. The Hall–Kier alpha value is -0.830. The standard InChI is InChI=1S/C14H27N3/c1-6-12-9-14(17(5)16-12)10-13(15-7-2)8-11(3)4/h9,11,13,15H,6-8,10H2,1-5H3. The fraction of sp³-hybridized carbons (Fsp3) is 0.786. The summed E-state index contributed by atoms with van der Waals surface area (Å²) < 4.78 is 2.03. The molecule has 0 saturated carbocycles. The maximum Gasteiger partial charge on any atom is 0.0624 e. The molecule has 3 nitrogen and oxygen atoms in total. The molecule has 0 radical (unpaired) electrons. The minimum Gasteiger partial charge on any atom is -0.314 e. The molecular formula is C14H27N3. The van der Waals surface area contributed by atoms with Crippen molar-refractivity contribution in [3.8, 4) is 0 Å². The van der Waals surface area contributed by atoms with Crippen molar-refractivity contribution in [2.24, 2.45) is 13.0 Å². The number of aromatic nitrogens is 2. The number of aryl methyl sites for hydroxylation is 2. The largest absolute Gasteiger partial charge is 0.314 e. The van der Waals surface area contributed by atoms with E-state index in [9.17, 15) is 0 Å². The van der Waals surface area contributed by atoms with Crippen LogP contribution >= 0.6 is 0 Å². The summed E-state index contributed by atoms with van der Waals surface area (Å²) in [4.78, 5) is 0. The van der Waals surface area contributed by atoms with E-state index in [4.69, 9.17) is 0 Å². The topological polar surface area (TPSA) is 29.9 Å². The Morgan fingerprint density at radius 1 is 1.35 bits per heavy atom. The lowest BCUT2D eigenvalue weighted by Crippen LogP contribution is -2.32. The van der Waals surface area contributed by atoms with E-state index in [-0.39, 0.29) is 0 Å². The zero-order valence-electron chi connectivity index (χ0n) is 12.0. The molecule has 1 N–H and O–H groups in total. The van der Waals surface area contributed by atoms with E-state index < -0.39 is 0 Å². The Morgan fingerprint density at radius 2 is 2.06 bits per heavy atom. The molecule has 98 valence electrons. The fourth-order valence-corrected chi connectivity index (χ4v) is 2.28. The van der Waals surface area contributed by atoms with Gasteiger partial charge in [-0.05, 0) is 31.4 Å². The maximum absolute atomic E-state index is 4.51. The van der Waals surface area contributed by atoms with Crippen LogP contribution in [0.15, 0.2) is 6.07 Å². The lowest BCUT2D eigenvalue weighted by atomic mass is 9.99. The van der Waals surface area contributed by atoms with Gasteiger partial charge in [-0.15, -0.1) is 0 Å². The molecule has 0 aliphatic carbocycles. The molecule has 1 aromatic rings. The molecule has 1 rings (SSSR count). The van der Waals surface area contributed by atoms with Gasteiger partial charge in [-0.1, -0.05) is 27.7 Å². The summed E-state index contributed by atoms with van der Waals surface area (Å²) in [6.45, 7) is 9.93. The first-order valence-corrected chi connectivity index (χ1v) is 6.81. The van der Waals surface area contributed by atoms with Crippen LogP contribution in [0.3, 0.4) is 0 Å². The smallest absolute Gasteiger partial charge is 0.0624 e. The molecule has 0 fully saturated rings. The summed E-state index contributed by atoms with van der Waals surface area (Å²) in [6, 6.07) is 2.81. The average molecular weight is 237 g/mol. The van der Waals surface area contributed by atoms with E-state index in [1.807, 2.05) is 11.7 Å². The molecule has 0 spiro atoms. The van der Waals surface area contributed by atoms with Gasteiger partial charge in [0.15, 0.2) is 0 Å². The van der Waals surface area contributed by atoms with Gasteiger partial charge in [0.25, 0.3) is 0 Å². The fourth-order valence-electron chi connectivity index (χ4n) is 2.28. The molecule has 0 amide bonds. The highest BCUT2D eigenvalue weighted by atomic mass is 15.3. The molecule has 0 aromatic carbocycles. The van der Waals surface area contributed by atoms with Crippen LogP contribution in [0.5, 0.6) is 0 Å². The first kappa shape index (κ1) is 14.2. The third-order valence-electron chi connectivity index (χ3n) is 3.09. The minimum absolute atomic E-state index is 0.570. The Balaban J connectivity index is 2.67. The number of nitrogens with one attached hydrogen (secondary N) is 1. The first-order chi connectivity index (χ1) is 8.06. The van der Waals surface area contributed by atoms with Gasteiger partial charge in [-0.25, -0.2) is 0 Å². The molecule has 0 aliphatic heterocycles. The van der Waals surface area contributed by atoms with Crippen molar-refractivity contribution in [1.82, 2.24) is 15.1 Å². The molecule has 0 saturated heterocycles. The highest BCUT2D eigenvalue weighted by Gasteiger charge is 2.13. The van der Waals surface area contributed by atoms with Gasteiger partial charge in [-0.2, -0.15) is 5.10 Å². The van der Waals surface area contributed by atoms with E-state index in [1.165, 1.54) is 17.8 Å². The number of hydrogen-bond acceptors (Lipinski definition) is 2. The van der Waals surface area contributed by atoms with Crippen LogP contribution < -0.4 is 5.32 Å². The predicted octanol–water partition coefficient (Wildman–Crippen LogP) is 2.55. The van der Waals surface area contributed by atoms with Gasteiger partial charge >= 0.3 is 0 Å². The van der Waals surface area contributed by atoms with Crippen LogP contribution in [0.2, 0.25) is 0 Å². The molecule has 1 atom stereocenters. The molecule has 0 bridgehead atoms. The van der Waals surface area contributed by atoms with Crippen molar-refractivity contribution in [3.63, 3.8) is 0 Å². The second-order valence-corrected chi connectivity index (χ2v) is 5.19. The van der Waals surface area contributed by atoms with Crippen LogP contribution in [-0.2, 0) is 19.9 Å². The molecule has 1 heterocycles. The zero-order valence-corrected chi connectivity index (χ0v) is 12.0. The summed E-state index contributed by atoms with van der Waals surface area (Å²) in [5.41, 5.74) is 2.54. The lowest BCUT2D eigenvalue weighted by Gasteiger charge is -2.19. The van der Waals surface area contributed by atoms with Gasteiger partial charge in [0, 0.05) is 25.2 Å². The number of nitrogens with zero attached hydrogens (tertiary/aromatic N) is 2. The maximum atomic E-state index is 4.51. The quantitative estimate of drug-likeness (QED) is 0.790. The van der Waals surface area contributed by atoms with Crippen molar-refractivity contribution in [2.75, 3.05) is 6.54 Å². The van der Waals surface area contributed by atoms with Crippen LogP contribution in [-0.4, -0.2) is 22.4 Å². The predicted molar refractivity (Wildman–Crippen MR) is 73.2 cm³/mol. The van der Waals surface area contributed by atoms with Gasteiger partial charge in [0.1, 0.15) is 0 Å². The van der Waals surface area contributed by atoms with Crippen LogP contribution in [0.4, 0.5) is 0 Å². The van der Waals surface area contributed by atoms with Crippen molar-refractivity contribution >= 4 is 0 Å². The van der Waals surface area contributed by atoms with Crippen LogP contribution in [0, 0.1) is 5.92 Å². The summed E-state index contributed by atoms with van der Waals surface area (Å²) in [7, 11) is 2.05. The van der Waals surface area contributed by atoms with Crippen molar-refractivity contribution < 1.29 is 0 Å².